The van der Waals surface area contributed by atoms with Gasteiger partial charge in [0.05, 0.1) is 20.4 Å². The third-order valence-electron chi connectivity index (χ3n) is 5.09. The molecule has 0 amide bonds. The summed E-state index contributed by atoms with van der Waals surface area (Å²) in [5.74, 6) is 2.18. The third-order valence-corrected chi connectivity index (χ3v) is 7.52. The summed E-state index contributed by atoms with van der Waals surface area (Å²) in [6, 6.07) is 13.9. The molecule has 0 fully saturated rings. The quantitative estimate of drug-likeness (QED) is 0.269. The maximum absolute atomic E-state index is 12.3. The summed E-state index contributed by atoms with van der Waals surface area (Å²) < 4.78 is 33.2. The van der Waals surface area contributed by atoms with Crippen LogP contribution in [0.3, 0.4) is 0 Å². The van der Waals surface area contributed by atoms with Gasteiger partial charge >= 0.3 is 0 Å². The van der Waals surface area contributed by atoms with Gasteiger partial charge in [0.2, 0.25) is 0 Å². The fourth-order valence-corrected chi connectivity index (χ4v) is 4.85. The average molecular weight is 486 g/mol. The Balaban J connectivity index is 1.87. The van der Waals surface area contributed by atoms with E-state index >= 15 is 0 Å². The highest BCUT2D eigenvalue weighted by molar-refractivity contribution is 7.91. The number of thiophene rings is 1. The lowest BCUT2D eigenvalue weighted by molar-refractivity contribution is 0.305. The van der Waals surface area contributed by atoms with E-state index in [2.05, 4.69) is 30.4 Å². The normalized spacial score (nSPS) is 12.7. The van der Waals surface area contributed by atoms with Crippen molar-refractivity contribution in [1.29, 1.82) is 0 Å². The van der Waals surface area contributed by atoms with Crippen LogP contribution in [0.2, 0.25) is 0 Å². The van der Waals surface area contributed by atoms with Crippen LogP contribution in [0.4, 0.5) is 0 Å². The summed E-state index contributed by atoms with van der Waals surface area (Å²) in [6.07, 6.45) is 1.72. The van der Waals surface area contributed by atoms with Gasteiger partial charge in [0.25, 0.3) is 0 Å². The van der Waals surface area contributed by atoms with Crippen LogP contribution in [-0.2, 0) is 18.0 Å². The summed E-state index contributed by atoms with van der Waals surface area (Å²) in [5, 5.41) is 0. The fourth-order valence-electron chi connectivity index (χ4n) is 3.22. The lowest BCUT2D eigenvalue weighted by atomic mass is 10.1. The van der Waals surface area contributed by atoms with E-state index in [0.29, 0.717) is 18.1 Å². The Labute approximate surface area is 203 Å². The topological polar surface area (TPSA) is 63.1 Å². The minimum absolute atomic E-state index is 0.385. The van der Waals surface area contributed by atoms with Crippen LogP contribution in [0.25, 0.3) is 10.4 Å². The zero-order valence-electron chi connectivity index (χ0n) is 20.2. The highest BCUT2D eigenvalue weighted by Crippen LogP contribution is 2.39. The summed E-state index contributed by atoms with van der Waals surface area (Å²) in [7, 11) is 3.24. The van der Waals surface area contributed by atoms with Crippen molar-refractivity contribution in [3.05, 3.63) is 64.0 Å². The molecule has 1 atom stereocenters. The molecule has 5 nitrogen and oxygen atoms in total. The Morgan fingerprint density at radius 2 is 1.73 bits per heavy atom. The molecule has 0 saturated heterocycles. The first-order valence-electron chi connectivity index (χ1n) is 10.6. The molecule has 0 saturated carbocycles. The van der Waals surface area contributed by atoms with Crippen molar-refractivity contribution in [3.8, 4) is 27.7 Å². The number of nitrogens with zero attached hydrogens (tertiary/aromatic N) is 1. The van der Waals surface area contributed by atoms with Crippen molar-refractivity contribution in [2.24, 2.45) is 4.40 Å². The predicted octanol–water partition coefficient (Wildman–Crippen LogP) is 6.51. The lowest BCUT2D eigenvalue weighted by Crippen LogP contribution is -2.25. The summed E-state index contributed by atoms with van der Waals surface area (Å²) in [6.45, 7) is 10.3. The van der Waals surface area contributed by atoms with Crippen molar-refractivity contribution in [3.63, 3.8) is 0 Å². The number of ether oxygens (including phenoxy) is 3. The second-order valence-electron chi connectivity index (χ2n) is 8.64. The van der Waals surface area contributed by atoms with Crippen molar-refractivity contribution in [2.45, 2.75) is 46.0 Å². The molecule has 1 heterocycles. The second kappa shape index (κ2) is 10.6. The van der Waals surface area contributed by atoms with E-state index in [1.807, 2.05) is 51.1 Å². The molecule has 7 heteroatoms. The number of hydrogen-bond donors (Lipinski definition) is 0. The summed E-state index contributed by atoms with van der Waals surface area (Å²) >= 11 is 0.391. The second-order valence-corrected chi connectivity index (χ2v) is 11.8. The van der Waals surface area contributed by atoms with Gasteiger partial charge in [0.15, 0.2) is 11.5 Å². The van der Waals surface area contributed by atoms with E-state index in [1.54, 1.807) is 31.8 Å². The molecule has 0 aliphatic heterocycles. The Kier molecular flexibility index (Phi) is 8.10. The maximum atomic E-state index is 12.3. The molecule has 176 valence electrons. The first-order chi connectivity index (χ1) is 15.6. The number of methoxy groups -OCH3 is 2. The fraction of sp³-hybridized carbons (Fsp3) is 0.346. The maximum Gasteiger partial charge on any atom is 0.161 e. The van der Waals surface area contributed by atoms with Gasteiger partial charge < -0.3 is 18.8 Å². The highest BCUT2D eigenvalue weighted by Gasteiger charge is 2.26. The standard InChI is InChI=1S/C26H31NO4S2/c1-17-9-8-10-22(31-16-19-11-12-21(29-6)23(13-19)30-7)25(17)24-14-20(18(2)32-24)15-27-33(28)26(3,4)5/h8-15H,16H2,1-7H3/t33-/m1/s1. The van der Waals surface area contributed by atoms with E-state index in [4.69, 9.17) is 14.2 Å². The number of rotatable bonds is 8. The van der Waals surface area contributed by atoms with Crippen molar-refractivity contribution >= 4 is 28.9 Å². The zero-order chi connectivity index (χ0) is 24.2. The van der Waals surface area contributed by atoms with Crippen molar-refractivity contribution in [1.82, 2.24) is 0 Å². The first kappa shape index (κ1) is 25.1. The molecule has 0 bridgehead atoms. The van der Waals surface area contributed by atoms with E-state index in [0.717, 1.165) is 37.8 Å². The van der Waals surface area contributed by atoms with Crippen LogP contribution in [-0.4, -0.2) is 29.7 Å². The molecule has 3 aromatic rings. The van der Waals surface area contributed by atoms with Gasteiger partial charge in [-0.3, -0.25) is 0 Å². The number of aryl methyl sites for hydroxylation is 2. The van der Waals surface area contributed by atoms with Gasteiger partial charge in [-0.05, 0) is 70.0 Å². The Bertz CT molecular complexity index is 1130. The van der Waals surface area contributed by atoms with Crippen molar-refractivity contribution < 1.29 is 18.8 Å². The predicted molar refractivity (Wildman–Crippen MR) is 139 cm³/mol. The monoisotopic (exact) mass is 485 g/mol. The van der Waals surface area contributed by atoms with Gasteiger partial charge in [0.1, 0.15) is 28.5 Å². The lowest BCUT2D eigenvalue weighted by Gasteiger charge is -2.17. The van der Waals surface area contributed by atoms with Gasteiger partial charge in [-0.2, -0.15) is 0 Å². The van der Waals surface area contributed by atoms with E-state index in [9.17, 15) is 4.55 Å². The third kappa shape index (κ3) is 6.10. The molecule has 1 aromatic heterocycles. The molecule has 2 aromatic carbocycles. The molecular weight excluding hydrogens is 454 g/mol. The highest BCUT2D eigenvalue weighted by atomic mass is 32.2. The Morgan fingerprint density at radius 3 is 2.39 bits per heavy atom. The zero-order valence-corrected chi connectivity index (χ0v) is 21.9. The van der Waals surface area contributed by atoms with Gasteiger partial charge in [0, 0.05) is 20.9 Å². The van der Waals surface area contributed by atoms with Gasteiger partial charge in [-0.25, -0.2) is 0 Å². The molecule has 0 radical (unpaired) electrons. The van der Waals surface area contributed by atoms with Crippen LogP contribution in [0.5, 0.6) is 17.2 Å². The molecule has 0 spiro atoms. The van der Waals surface area contributed by atoms with Gasteiger partial charge in [-0.15, -0.1) is 11.3 Å². The number of hydrogen-bond acceptors (Lipinski definition) is 6. The molecule has 0 unspecified atom stereocenters. The molecule has 0 N–H and O–H groups in total. The Morgan fingerprint density at radius 1 is 1.00 bits per heavy atom. The summed E-state index contributed by atoms with van der Waals surface area (Å²) in [5.41, 5.74) is 4.15. The number of benzene rings is 2. The van der Waals surface area contributed by atoms with E-state index < -0.39 is 11.4 Å². The van der Waals surface area contributed by atoms with Crippen molar-refractivity contribution in [2.75, 3.05) is 14.2 Å². The minimum Gasteiger partial charge on any atom is -0.591 e. The van der Waals surface area contributed by atoms with E-state index in [1.165, 1.54) is 0 Å². The van der Waals surface area contributed by atoms with Gasteiger partial charge in [-0.1, -0.05) is 22.6 Å². The molecule has 33 heavy (non-hydrogen) atoms. The van der Waals surface area contributed by atoms with Crippen LogP contribution in [0.15, 0.2) is 46.9 Å². The average Bonchev–Trinajstić information content (AvgIpc) is 3.14. The van der Waals surface area contributed by atoms with Crippen LogP contribution >= 0.6 is 11.3 Å². The van der Waals surface area contributed by atoms with E-state index in [-0.39, 0.29) is 4.75 Å². The molecule has 0 aliphatic carbocycles. The molecule has 3 rings (SSSR count). The largest absolute Gasteiger partial charge is 0.591 e. The smallest absolute Gasteiger partial charge is 0.161 e. The first-order valence-corrected chi connectivity index (χ1v) is 12.6. The summed E-state index contributed by atoms with van der Waals surface area (Å²) in [4.78, 5) is 2.21. The molecular formula is C26H31NO4S2. The van der Waals surface area contributed by atoms with Crippen LogP contribution in [0.1, 0.15) is 42.3 Å². The van der Waals surface area contributed by atoms with Crippen LogP contribution in [0, 0.1) is 13.8 Å². The SMILES string of the molecule is COc1ccc(COc2cccc(C)c2-c2cc(C=N[S@+]([O-])C(C)(C)C)c(C)s2)cc1OC. The minimum atomic E-state index is -1.29. The molecule has 0 aliphatic rings. The Hall–Kier alpha value is -2.48. The van der Waals surface area contributed by atoms with Crippen LogP contribution < -0.4 is 14.2 Å².